The molecule has 0 saturated heterocycles. The van der Waals surface area contributed by atoms with Crippen LogP contribution in [0, 0.1) is 0 Å². The Labute approximate surface area is 81.4 Å². The van der Waals surface area contributed by atoms with Crippen LogP contribution in [0.1, 0.15) is 10.6 Å². The van der Waals surface area contributed by atoms with E-state index in [0.29, 0.717) is 0 Å². The second-order valence-corrected chi connectivity index (χ2v) is 3.58. The van der Waals surface area contributed by atoms with Crippen LogP contribution >= 0.6 is 11.3 Å². The summed E-state index contributed by atoms with van der Waals surface area (Å²) < 4.78 is 0. The van der Waals surface area contributed by atoms with Crippen molar-refractivity contribution in [1.82, 2.24) is 4.98 Å². The van der Waals surface area contributed by atoms with Gasteiger partial charge in [-0.25, -0.2) is 4.98 Å². The van der Waals surface area contributed by atoms with Crippen LogP contribution in [0.5, 0.6) is 0 Å². The van der Waals surface area contributed by atoms with Crippen LogP contribution in [0.3, 0.4) is 0 Å². The fourth-order valence-corrected chi connectivity index (χ4v) is 1.77. The molecule has 0 saturated carbocycles. The minimum absolute atomic E-state index is 0.992. The van der Waals surface area contributed by atoms with Gasteiger partial charge in [-0.15, -0.1) is 11.3 Å². The summed E-state index contributed by atoms with van der Waals surface area (Å²) >= 11 is 1.62. The highest BCUT2D eigenvalue weighted by molar-refractivity contribution is 7.10. The van der Waals surface area contributed by atoms with Gasteiger partial charge >= 0.3 is 0 Å². The molecule has 1 heterocycles. The molecule has 1 aromatic heterocycles. The summed E-state index contributed by atoms with van der Waals surface area (Å²) in [6.45, 7) is 4.02. The zero-order chi connectivity index (χ0) is 9.10. The Morgan fingerprint density at radius 1 is 1.23 bits per heavy atom. The summed E-state index contributed by atoms with van der Waals surface area (Å²) in [4.78, 5) is 4.21. The molecule has 2 heteroatoms. The molecule has 1 nitrogen and oxygen atoms in total. The average Bonchev–Trinajstić information content (AvgIpc) is 2.71. The van der Waals surface area contributed by atoms with E-state index in [9.17, 15) is 0 Å². The number of nitrogens with zero attached hydrogens (tertiary/aromatic N) is 1. The fourth-order valence-electron chi connectivity index (χ4n) is 1.14. The molecule has 0 N–H and O–H groups in total. The van der Waals surface area contributed by atoms with Crippen molar-refractivity contribution in [3.8, 4) is 0 Å². The maximum atomic E-state index is 4.21. The Morgan fingerprint density at radius 3 is 2.62 bits per heavy atom. The molecule has 0 fully saturated rings. The molecule has 0 unspecified atom stereocenters. The molecule has 0 amide bonds. The maximum absolute atomic E-state index is 4.21. The first kappa shape index (κ1) is 8.20. The zero-order valence-corrected chi connectivity index (χ0v) is 7.92. The van der Waals surface area contributed by atoms with Gasteiger partial charge in [-0.05, 0) is 5.56 Å². The lowest BCUT2D eigenvalue weighted by molar-refractivity contribution is 1.37. The number of hydrogen-bond donors (Lipinski definition) is 0. The van der Waals surface area contributed by atoms with E-state index in [4.69, 9.17) is 0 Å². The van der Waals surface area contributed by atoms with Crippen molar-refractivity contribution in [3.63, 3.8) is 0 Å². The van der Waals surface area contributed by atoms with Crippen molar-refractivity contribution < 1.29 is 0 Å². The van der Waals surface area contributed by atoms with Gasteiger partial charge in [0.05, 0.1) is 0 Å². The lowest BCUT2D eigenvalue weighted by Crippen LogP contribution is -1.83. The largest absolute Gasteiger partial charge is 0.245 e. The third-order valence-corrected chi connectivity index (χ3v) is 2.65. The van der Waals surface area contributed by atoms with Gasteiger partial charge in [-0.2, -0.15) is 0 Å². The van der Waals surface area contributed by atoms with Gasteiger partial charge in [0, 0.05) is 17.2 Å². The summed E-state index contributed by atoms with van der Waals surface area (Å²) in [7, 11) is 0. The number of aromatic nitrogens is 1. The van der Waals surface area contributed by atoms with Crippen molar-refractivity contribution in [1.29, 1.82) is 0 Å². The molecule has 0 radical (unpaired) electrons. The van der Waals surface area contributed by atoms with Crippen molar-refractivity contribution in [2.45, 2.75) is 0 Å². The Kier molecular flexibility index (Phi) is 2.23. The normalized spacial score (nSPS) is 9.85. The minimum Gasteiger partial charge on any atom is -0.245 e. The van der Waals surface area contributed by atoms with Crippen LogP contribution in [0.25, 0.3) is 5.57 Å². The lowest BCUT2D eigenvalue weighted by atomic mass is 10.1. The van der Waals surface area contributed by atoms with Crippen LogP contribution in [0.4, 0.5) is 0 Å². The van der Waals surface area contributed by atoms with E-state index in [0.717, 1.165) is 16.1 Å². The molecule has 0 atom stereocenters. The third-order valence-electron chi connectivity index (χ3n) is 1.81. The van der Waals surface area contributed by atoms with Crippen LogP contribution < -0.4 is 0 Å². The van der Waals surface area contributed by atoms with Crippen LogP contribution in [0.2, 0.25) is 0 Å². The number of thiazole rings is 1. The molecular weight excluding hydrogens is 178 g/mol. The smallest absolute Gasteiger partial charge is 0.123 e. The standard InChI is InChI=1S/C11H9NS/c1-9(11-12-7-8-13-11)10-5-3-2-4-6-10/h2-8H,1H2. The molecule has 0 spiro atoms. The molecule has 0 aliphatic carbocycles. The van der Waals surface area contributed by atoms with Gasteiger partial charge in [0.2, 0.25) is 0 Å². The first-order chi connectivity index (χ1) is 6.38. The second-order valence-electron chi connectivity index (χ2n) is 2.68. The monoisotopic (exact) mass is 187 g/mol. The van der Waals surface area contributed by atoms with Crippen molar-refractivity contribution in [2.75, 3.05) is 0 Å². The average molecular weight is 187 g/mol. The SMILES string of the molecule is C=C(c1ccccc1)c1nccs1. The molecule has 2 rings (SSSR count). The predicted octanol–water partition coefficient (Wildman–Crippen LogP) is 3.20. The van der Waals surface area contributed by atoms with Gasteiger partial charge in [-0.3, -0.25) is 0 Å². The summed E-state index contributed by atoms with van der Waals surface area (Å²) in [5.74, 6) is 0. The molecular formula is C11H9NS. The summed E-state index contributed by atoms with van der Waals surface area (Å²) in [5.41, 5.74) is 2.13. The Balaban J connectivity index is 2.34. The highest BCUT2D eigenvalue weighted by Gasteiger charge is 2.02. The molecule has 0 aliphatic heterocycles. The molecule has 0 aliphatic rings. The molecule has 2 aromatic rings. The minimum atomic E-state index is 0.992. The molecule has 64 valence electrons. The van der Waals surface area contributed by atoms with E-state index in [-0.39, 0.29) is 0 Å². The first-order valence-corrected chi connectivity index (χ1v) is 4.90. The van der Waals surface area contributed by atoms with Gasteiger partial charge in [0.25, 0.3) is 0 Å². The maximum Gasteiger partial charge on any atom is 0.123 e. The Hall–Kier alpha value is -1.41. The van der Waals surface area contributed by atoms with Gasteiger partial charge < -0.3 is 0 Å². The Morgan fingerprint density at radius 2 is 2.00 bits per heavy atom. The summed E-state index contributed by atoms with van der Waals surface area (Å²) in [6, 6.07) is 10.1. The van der Waals surface area contributed by atoms with Crippen molar-refractivity contribution in [3.05, 3.63) is 59.1 Å². The van der Waals surface area contributed by atoms with Crippen LogP contribution in [0.15, 0.2) is 48.5 Å². The van der Waals surface area contributed by atoms with E-state index in [1.807, 2.05) is 35.7 Å². The fraction of sp³-hybridized carbons (Fsp3) is 0. The molecule has 13 heavy (non-hydrogen) atoms. The Bertz CT molecular complexity index is 389. The zero-order valence-electron chi connectivity index (χ0n) is 7.10. The first-order valence-electron chi connectivity index (χ1n) is 4.02. The summed E-state index contributed by atoms with van der Waals surface area (Å²) in [6.07, 6.45) is 1.80. The van der Waals surface area contributed by atoms with Crippen molar-refractivity contribution in [2.24, 2.45) is 0 Å². The number of benzene rings is 1. The van der Waals surface area contributed by atoms with E-state index < -0.39 is 0 Å². The number of hydrogen-bond acceptors (Lipinski definition) is 2. The topological polar surface area (TPSA) is 12.9 Å². The van der Waals surface area contributed by atoms with Gasteiger partial charge in [0.15, 0.2) is 0 Å². The van der Waals surface area contributed by atoms with E-state index in [1.165, 1.54) is 0 Å². The van der Waals surface area contributed by atoms with Gasteiger partial charge in [0.1, 0.15) is 5.01 Å². The number of rotatable bonds is 2. The lowest BCUT2D eigenvalue weighted by Gasteiger charge is -2.00. The van der Waals surface area contributed by atoms with Gasteiger partial charge in [-0.1, -0.05) is 36.9 Å². The van der Waals surface area contributed by atoms with Crippen LogP contribution in [-0.2, 0) is 0 Å². The second kappa shape index (κ2) is 3.54. The van der Waals surface area contributed by atoms with Crippen molar-refractivity contribution >= 4 is 16.9 Å². The predicted molar refractivity (Wildman–Crippen MR) is 56.7 cm³/mol. The van der Waals surface area contributed by atoms with Crippen LogP contribution in [-0.4, -0.2) is 4.98 Å². The van der Waals surface area contributed by atoms with E-state index >= 15 is 0 Å². The quantitative estimate of drug-likeness (QED) is 0.703. The molecule has 1 aromatic carbocycles. The highest BCUT2D eigenvalue weighted by Crippen LogP contribution is 2.22. The van der Waals surface area contributed by atoms with E-state index in [2.05, 4.69) is 11.6 Å². The highest BCUT2D eigenvalue weighted by atomic mass is 32.1. The van der Waals surface area contributed by atoms with E-state index in [1.54, 1.807) is 17.5 Å². The summed E-state index contributed by atoms with van der Waals surface area (Å²) in [5, 5.41) is 2.95. The third kappa shape index (κ3) is 1.68. The molecule has 0 bridgehead atoms.